The molecule has 1 rings (SSSR count). The lowest BCUT2D eigenvalue weighted by Gasteiger charge is -2.23. The molecule has 0 radical (unpaired) electrons. The number of rotatable bonds is 5. The zero-order chi connectivity index (χ0) is 16.9. The maximum Gasteiger partial charge on any atom is 0.344 e. The summed E-state index contributed by atoms with van der Waals surface area (Å²) in [7, 11) is 0. The van der Waals surface area contributed by atoms with Crippen molar-refractivity contribution in [2.24, 2.45) is 0 Å². The minimum Gasteiger partial charge on any atom is -0.481 e. The molecule has 1 N–H and O–H groups in total. The van der Waals surface area contributed by atoms with E-state index in [0.717, 1.165) is 0 Å². The van der Waals surface area contributed by atoms with Crippen LogP contribution in [-0.2, 0) is 14.3 Å². The molecule has 5 nitrogen and oxygen atoms in total. The van der Waals surface area contributed by atoms with Gasteiger partial charge in [-0.1, -0.05) is 11.6 Å². The maximum absolute atomic E-state index is 11.8. The number of carbonyl (C=O) groups is 2. The van der Waals surface area contributed by atoms with E-state index in [1.807, 2.05) is 20.8 Å². The van der Waals surface area contributed by atoms with E-state index < -0.39 is 12.1 Å². The lowest BCUT2D eigenvalue weighted by molar-refractivity contribution is -0.157. The molecule has 22 heavy (non-hydrogen) atoms. The van der Waals surface area contributed by atoms with Crippen LogP contribution in [0.3, 0.4) is 0 Å². The smallest absolute Gasteiger partial charge is 0.344 e. The SMILES string of the molecule is C[C@H](OC(=O)COc1ccc(Cl)cc1Br)C(=O)NC(C)(C)C. The number of nitrogens with one attached hydrogen (secondary N) is 1. The molecule has 0 saturated heterocycles. The van der Waals surface area contributed by atoms with Gasteiger partial charge >= 0.3 is 5.97 Å². The fourth-order valence-electron chi connectivity index (χ4n) is 1.48. The number of benzene rings is 1. The quantitative estimate of drug-likeness (QED) is 0.781. The van der Waals surface area contributed by atoms with Crippen LogP contribution >= 0.6 is 27.5 Å². The zero-order valence-corrected chi connectivity index (χ0v) is 15.2. The van der Waals surface area contributed by atoms with Gasteiger partial charge in [0.2, 0.25) is 0 Å². The first-order valence-electron chi connectivity index (χ1n) is 6.68. The average Bonchev–Trinajstić information content (AvgIpc) is 2.35. The Morgan fingerprint density at radius 3 is 2.55 bits per heavy atom. The van der Waals surface area contributed by atoms with E-state index in [-0.39, 0.29) is 18.1 Å². The first-order valence-corrected chi connectivity index (χ1v) is 7.85. The summed E-state index contributed by atoms with van der Waals surface area (Å²) < 4.78 is 11.0. The third-order valence-corrected chi connectivity index (χ3v) is 3.27. The van der Waals surface area contributed by atoms with Crippen LogP contribution in [0.25, 0.3) is 0 Å². The van der Waals surface area contributed by atoms with E-state index >= 15 is 0 Å². The van der Waals surface area contributed by atoms with E-state index in [2.05, 4.69) is 21.2 Å². The molecule has 0 aliphatic heterocycles. The standard InChI is InChI=1S/C15H19BrClNO4/c1-9(14(20)18-15(2,3)4)22-13(19)8-21-12-6-5-10(17)7-11(12)16/h5-7,9H,8H2,1-4H3,(H,18,20)/t9-/m0/s1. The van der Waals surface area contributed by atoms with Crippen molar-refractivity contribution in [1.29, 1.82) is 0 Å². The number of hydrogen-bond donors (Lipinski definition) is 1. The Hall–Kier alpha value is -1.27. The van der Waals surface area contributed by atoms with Crippen molar-refractivity contribution in [2.75, 3.05) is 6.61 Å². The van der Waals surface area contributed by atoms with Gasteiger partial charge in [0, 0.05) is 10.6 Å². The van der Waals surface area contributed by atoms with Gasteiger partial charge in [0.25, 0.3) is 5.91 Å². The molecule has 0 saturated carbocycles. The molecule has 7 heteroatoms. The molecule has 0 aromatic heterocycles. The van der Waals surface area contributed by atoms with Crippen molar-refractivity contribution in [1.82, 2.24) is 5.32 Å². The monoisotopic (exact) mass is 391 g/mol. The zero-order valence-electron chi connectivity index (χ0n) is 12.9. The Kier molecular flexibility index (Phi) is 6.68. The van der Waals surface area contributed by atoms with Crippen LogP contribution < -0.4 is 10.1 Å². The molecule has 1 aromatic carbocycles. The number of hydrogen-bond acceptors (Lipinski definition) is 4. The van der Waals surface area contributed by atoms with E-state index in [4.69, 9.17) is 21.1 Å². The molecule has 1 atom stereocenters. The Morgan fingerprint density at radius 2 is 2.00 bits per heavy atom. The van der Waals surface area contributed by atoms with Crippen molar-refractivity contribution < 1.29 is 19.1 Å². The fourth-order valence-corrected chi connectivity index (χ4v) is 2.28. The summed E-state index contributed by atoms with van der Waals surface area (Å²) in [5.74, 6) is -0.514. The van der Waals surface area contributed by atoms with Gasteiger partial charge in [0.1, 0.15) is 5.75 Å². The van der Waals surface area contributed by atoms with Crippen molar-refractivity contribution in [3.8, 4) is 5.75 Å². The second kappa shape index (κ2) is 7.83. The van der Waals surface area contributed by atoms with Crippen molar-refractivity contribution in [2.45, 2.75) is 39.3 Å². The van der Waals surface area contributed by atoms with Crippen LogP contribution in [0.4, 0.5) is 0 Å². The second-order valence-electron chi connectivity index (χ2n) is 5.73. The summed E-state index contributed by atoms with van der Waals surface area (Å²) in [5.41, 5.74) is -0.386. The fraction of sp³-hybridized carbons (Fsp3) is 0.467. The minimum atomic E-state index is -0.885. The van der Waals surface area contributed by atoms with Crippen LogP contribution in [0, 0.1) is 0 Å². The summed E-state index contributed by atoms with van der Waals surface area (Å²) in [6.45, 7) is 6.76. The molecule has 0 unspecified atom stereocenters. The first kappa shape index (κ1) is 18.8. The Balaban J connectivity index is 2.47. The van der Waals surface area contributed by atoms with Crippen LogP contribution in [-0.4, -0.2) is 30.1 Å². The normalized spacial score (nSPS) is 12.5. The van der Waals surface area contributed by atoms with E-state index in [0.29, 0.717) is 15.2 Å². The Labute approximate surface area is 143 Å². The topological polar surface area (TPSA) is 64.6 Å². The molecule has 0 aliphatic rings. The van der Waals surface area contributed by atoms with Crippen molar-refractivity contribution >= 4 is 39.4 Å². The number of ether oxygens (including phenoxy) is 2. The molecule has 0 fully saturated rings. The molecular formula is C15H19BrClNO4. The highest BCUT2D eigenvalue weighted by molar-refractivity contribution is 9.10. The lowest BCUT2D eigenvalue weighted by atomic mass is 10.1. The van der Waals surface area contributed by atoms with E-state index in [1.54, 1.807) is 18.2 Å². The number of halogens is 2. The van der Waals surface area contributed by atoms with Crippen molar-refractivity contribution in [3.05, 3.63) is 27.7 Å². The number of esters is 1. The highest BCUT2D eigenvalue weighted by atomic mass is 79.9. The first-order chi connectivity index (χ1) is 10.1. The minimum absolute atomic E-state index is 0.298. The molecule has 0 spiro atoms. The highest BCUT2D eigenvalue weighted by Gasteiger charge is 2.22. The third-order valence-electron chi connectivity index (χ3n) is 2.42. The predicted molar refractivity (Wildman–Crippen MR) is 88.1 cm³/mol. The average molecular weight is 393 g/mol. The third kappa shape index (κ3) is 6.66. The summed E-state index contributed by atoms with van der Waals surface area (Å²) in [5, 5.41) is 3.28. The van der Waals surface area contributed by atoms with Crippen LogP contribution in [0.15, 0.2) is 22.7 Å². The largest absolute Gasteiger partial charge is 0.481 e. The van der Waals surface area contributed by atoms with Gasteiger partial charge in [0.05, 0.1) is 4.47 Å². The van der Waals surface area contributed by atoms with Gasteiger partial charge in [-0.25, -0.2) is 4.79 Å². The van der Waals surface area contributed by atoms with Crippen LogP contribution in [0.5, 0.6) is 5.75 Å². The lowest BCUT2D eigenvalue weighted by Crippen LogP contribution is -2.46. The van der Waals surface area contributed by atoms with Crippen molar-refractivity contribution in [3.63, 3.8) is 0 Å². The molecule has 1 aromatic rings. The summed E-state index contributed by atoms with van der Waals surface area (Å²) in [6.07, 6.45) is -0.885. The van der Waals surface area contributed by atoms with Gasteiger partial charge in [-0.15, -0.1) is 0 Å². The summed E-state index contributed by atoms with van der Waals surface area (Å²) in [4.78, 5) is 23.5. The van der Waals surface area contributed by atoms with Crippen LogP contribution in [0.2, 0.25) is 5.02 Å². The van der Waals surface area contributed by atoms with E-state index in [9.17, 15) is 9.59 Å². The highest BCUT2D eigenvalue weighted by Crippen LogP contribution is 2.27. The second-order valence-corrected chi connectivity index (χ2v) is 7.03. The molecule has 0 heterocycles. The van der Waals surface area contributed by atoms with Gasteiger partial charge in [-0.05, 0) is 61.8 Å². The molecule has 0 aliphatic carbocycles. The molecule has 1 amide bonds. The van der Waals surface area contributed by atoms with Gasteiger partial charge in [0.15, 0.2) is 12.7 Å². The molecule has 122 valence electrons. The molecule has 0 bridgehead atoms. The Morgan fingerprint density at radius 1 is 1.36 bits per heavy atom. The summed E-state index contributed by atoms with van der Waals surface area (Å²) >= 11 is 9.09. The Bertz CT molecular complexity index is 557. The van der Waals surface area contributed by atoms with Crippen LogP contribution in [0.1, 0.15) is 27.7 Å². The van der Waals surface area contributed by atoms with Gasteiger partial charge in [-0.2, -0.15) is 0 Å². The molecular weight excluding hydrogens is 374 g/mol. The van der Waals surface area contributed by atoms with Gasteiger partial charge in [-0.3, -0.25) is 4.79 Å². The predicted octanol–water partition coefficient (Wildman–Crippen LogP) is 3.33. The maximum atomic E-state index is 11.8. The number of amides is 1. The van der Waals surface area contributed by atoms with Gasteiger partial charge < -0.3 is 14.8 Å². The van der Waals surface area contributed by atoms with E-state index in [1.165, 1.54) is 6.92 Å². The summed E-state index contributed by atoms with van der Waals surface area (Å²) in [6, 6.07) is 4.93. The number of carbonyl (C=O) groups excluding carboxylic acids is 2.